The van der Waals surface area contributed by atoms with E-state index in [0.29, 0.717) is 48.3 Å². The molecule has 0 aromatic heterocycles. The zero-order chi connectivity index (χ0) is 24.8. The molecule has 0 bridgehead atoms. The Labute approximate surface area is 205 Å². The Morgan fingerprint density at radius 1 is 1.00 bits per heavy atom. The fraction of sp³-hybridized carbons (Fsp3) is 0.269. The number of carbonyl (C=O) groups is 1. The van der Waals surface area contributed by atoms with E-state index >= 15 is 0 Å². The quantitative estimate of drug-likeness (QED) is 0.476. The maximum Gasteiger partial charge on any atom is 0.264 e. The number of hydrogen-bond donors (Lipinski definition) is 1. The van der Waals surface area contributed by atoms with Crippen LogP contribution < -0.4 is 23.8 Å². The third kappa shape index (κ3) is 5.51. The van der Waals surface area contributed by atoms with Crippen LogP contribution in [0.1, 0.15) is 18.9 Å². The van der Waals surface area contributed by atoms with Gasteiger partial charge in [0.05, 0.1) is 23.4 Å². The Kier molecular flexibility index (Phi) is 7.45. The normalized spacial score (nSPS) is 12.6. The topological polar surface area (TPSA) is 94.2 Å². The van der Waals surface area contributed by atoms with Crippen molar-refractivity contribution in [2.45, 2.75) is 24.7 Å². The molecule has 1 heterocycles. The minimum absolute atomic E-state index is 0.0612. The molecule has 3 aromatic rings. The number of rotatable bonds is 9. The predicted octanol–water partition coefficient (Wildman–Crippen LogP) is 4.25. The van der Waals surface area contributed by atoms with Crippen LogP contribution >= 0.6 is 0 Å². The number of para-hydroxylation sites is 1. The second kappa shape index (κ2) is 10.7. The van der Waals surface area contributed by atoms with Gasteiger partial charge in [-0.15, -0.1) is 0 Å². The van der Waals surface area contributed by atoms with Gasteiger partial charge in [-0.3, -0.25) is 9.10 Å². The number of hydrogen-bond acceptors (Lipinski definition) is 6. The molecule has 0 aliphatic carbocycles. The molecular weight excluding hydrogens is 468 g/mol. The first-order valence-electron chi connectivity index (χ1n) is 11.4. The van der Waals surface area contributed by atoms with Gasteiger partial charge in [-0.2, -0.15) is 0 Å². The zero-order valence-corrected chi connectivity index (χ0v) is 20.5. The molecule has 8 nitrogen and oxygen atoms in total. The molecule has 0 radical (unpaired) electrons. The lowest BCUT2D eigenvalue weighted by Crippen LogP contribution is -2.30. The summed E-state index contributed by atoms with van der Waals surface area (Å²) in [4.78, 5) is 12.8. The van der Waals surface area contributed by atoms with Crippen molar-refractivity contribution in [1.29, 1.82) is 0 Å². The summed E-state index contributed by atoms with van der Waals surface area (Å²) in [7, 11) is -2.38. The molecule has 35 heavy (non-hydrogen) atoms. The maximum absolute atomic E-state index is 13.4. The molecule has 184 valence electrons. The first-order chi connectivity index (χ1) is 16.9. The minimum atomic E-state index is -3.85. The molecule has 3 aromatic carbocycles. The van der Waals surface area contributed by atoms with Crippen molar-refractivity contribution in [1.82, 2.24) is 0 Å². The van der Waals surface area contributed by atoms with Crippen molar-refractivity contribution in [3.05, 3.63) is 72.3 Å². The fourth-order valence-electron chi connectivity index (χ4n) is 3.87. The molecular formula is C26H28N2O6S. The average Bonchev–Trinajstić information content (AvgIpc) is 2.88. The summed E-state index contributed by atoms with van der Waals surface area (Å²) in [5.74, 6) is 1.49. The summed E-state index contributed by atoms with van der Waals surface area (Å²) < 4.78 is 44.6. The van der Waals surface area contributed by atoms with Crippen LogP contribution in [-0.4, -0.2) is 41.2 Å². The average molecular weight is 497 g/mol. The molecule has 1 aliphatic heterocycles. The molecule has 1 amide bonds. The highest BCUT2D eigenvalue weighted by molar-refractivity contribution is 7.92. The van der Waals surface area contributed by atoms with E-state index in [9.17, 15) is 13.2 Å². The fourth-order valence-corrected chi connectivity index (χ4v) is 5.37. The highest BCUT2D eigenvalue weighted by atomic mass is 32.2. The number of ether oxygens (including phenoxy) is 3. The number of nitrogens with zero attached hydrogens (tertiary/aromatic N) is 1. The number of methoxy groups -OCH3 is 1. The second-order valence-electron chi connectivity index (χ2n) is 7.89. The van der Waals surface area contributed by atoms with E-state index in [1.807, 2.05) is 24.3 Å². The van der Waals surface area contributed by atoms with Gasteiger partial charge in [-0.1, -0.05) is 24.3 Å². The maximum atomic E-state index is 13.4. The van der Waals surface area contributed by atoms with E-state index in [0.717, 1.165) is 5.56 Å². The van der Waals surface area contributed by atoms with E-state index in [1.54, 1.807) is 37.3 Å². The van der Waals surface area contributed by atoms with Gasteiger partial charge < -0.3 is 19.5 Å². The smallest absolute Gasteiger partial charge is 0.264 e. The highest BCUT2D eigenvalue weighted by Gasteiger charge is 2.25. The number of benzene rings is 3. The van der Waals surface area contributed by atoms with E-state index in [2.05, 4.69) is 5.32 Å². The summed E-state index contributed by atoms with van der Waals surface area (Å²) in [6, 6.07) is 19.0. The summed E-state index contributed by atoms with van der Waals surface area (Å²) >= 11 is 0. The van der Waals surface area contributed by atoms with Crippen LogP contribution in [0, 0.1) is 0 Å². The molecule has 0 atom stereocenters. The van der Waals surface area contributed by atoms with Crippen LogP contribution in [0.4, 0.5) is 11.4 Å². The molecule has 9 heteroatoms. The van der Waals surface area contributed by atoms with Gasteiger partial charge in [0, 0.05) is 13.0 Å². The number of nitrogens with one attached hydrogen (secondary N) is 1. The number of sulfonamides is 1. The highest BCUT2D eigenvalue weighted by Crippen LogP contribution is 2.32. The first-order valence-corrected chi connectivity index (χ1v) is 12.8. The Morgan fingerprint density at radius 3 is 2.46 bits per heavy atom. The monoisotopic (exact) mass is 496 g/mol. The lowest BCUT2D eigenvalue weighted by molar-refractivity contribution is -0.116. The summed E-state index contributed by atoms with van der Waals surface area (Å²) in [5.41, 5.74) is 1.80. The summed E-state index contributed by atoms with van der Waals surface area (Å²) in [6.45, 7) is 3.05. The lowest BCUT2D eigenvalue weighted by Gasteiger charge is -2.23. The van der Waals surface area contributed by atoms with Crippen LogP contribution in [0.5, 0.6) is 17.2 Å². The van der Waals surface area contributed by atoms with Gasteiger partial charge in [0.25, 0.3) is 10.0 Å². The van der Waals surface area contributed by atoms with Crippen LogP contribution in [0.25, 0.3) is 0 Å². The summed E-state index contributed by atoms with van der Waals surface area (Å²) in [5, 5.41) is 2.80. The van der Waals surface area contributed by atoms with Crippen LogP contribution in [-0.2, 0) is 21.2 Å². The Balaban J connectivity index is 1.50. The van der Waals surface area contributed by atoms with Gasteiger partial charge in [0.1, 0.15) is 19.0 Å². The van der Waals surface area contributed by atoms with Crippen molar-refractivity contribution in [2.75, 3.05) is 36.5 Å². The van der Waals surface area contributed by atoms with E-state index in [4.69, 9.17) is 14.2 Å². The molecule has 0 saturated heterocycles. The van der Waals surface area contributed by atoms with Gasteiger partial charge in [-0.05, 0) is 61.4 Å². The zero-order valence-electron chi connectivity index (χ0n) is 19.7. The molecule has 0 spiro atoms. The third-order valence-corrected chi connectivity index (χ3v) is 7.51. The van der Waals surface area contributed by atoms with Gasteiger partial charge >= 0.3 is 0 Å². The van der Waals surface area contributed by atoms with Crippen molar-refractivity contribution in [3.63, 3.8) is 0 Å². The Hall–Kier alpha value is -3.72. The van der Waals surface area contributed by atoms with Crippen LogP contribution in [0.15, 0.2) is 71.6 Å². The van der Waals surface area contributed by atoms with Crippen LogP contribution in [0.2, 0.25) is 0 Å². The van der Waals surface area contributed by atoms with E-state index in [-0.39, 0.29) is 23.8 Å². The number of aryl methyl sites for hydroxylation is 1. The van der Waals surface area contributed by atoms with Crippen molar-refractivity contribution in [3.8, 4) is 17.2 Å². The second-order valence-corrected chi connectivity index (χ2v) is 9.76. The third-order valence-electron chi connectivity index (χ3n) is 5.61. The molecule has 1 N–H and O–H groups in total. The van der Waals surface area contributed by atoms with Gasteiger partial charge in [0.2, 0.25) is 5.91 Å². The number of fused-ring (bicyclic) bond motifs is 1. The Morgan fingerprint density at radius 2 is 1.74 bits per heavy atom. The van der Waals surface area contributed by atoms with Gasteiger partial charge in [0.15, 0.2) is 11.5 Å². The Bertz CT molecular complexity index is 1290. The molecule has 0 unspecified atom stereocenters. The molecule has 0 saturated carbocycles. The number of carbonyl (C=O) groups excluding carboxylic acids is 1. The van der Waals surface area contributed by atoms with Crippen molar-refractivity contribution >= 4 is 27.3 Å². The minimum Gasteiger partial charge on any atom is -0.495 e. The largest absolute Gasteiger partial charge is 0.495 e. The predicted molar refractivity (Wildman–Crippen MR) is 134 cm³/mol. The number of amides is 1. The SMILES string of the molecule is CCN(c1ccccc1)S(=O)(=O)c1ccc(OC)c(NC(=O)CCc2ccc3c(c2)OCCO3)c1. The molecule has 1 aliphatic rings. The molecule has 0 fully saturated rings. The first kappa shape index (κ1) is 24.4. The van der Waals surface area contributed by atoms with Crippen molar-refractivity contribution in [2.24, 2.45) is 0 Å². The summed E-state index contributed by atoms with van der Waals surface area (Å²) in [6.07, 6.45) is 0.686. The van der Waals surface area contributed by atoms with E-state index < -0.39 is 10.0 Å². The van der Waals surface area contributed by atoms with Crippen molar-refractivity contribution < 1.29 is 27.4 Å². The van der Waals surface area contributed by atoms with E-state index in [1.165, 1.54) is 23.5 Å². The lowest BCUT2D eigenvalue weighted by atomic mass is 10.1. The number of anilines is 2. The molecule has 4 rings (SSSR count). The van der Waals surface area contributed by atoms with Gasteiger partial charge in [-0.25, -0.2) is 8.42 Å². The van der Waals surface area contributed by atoms with Crippen LogP contribution in [0.3, 0.4) is 0 Å². The standard InChI is InChI=1S/C26H28N2O6S/c1-3-28(20-7-5-4-6-8-20)35(30,31)21-11-13-23(32-2)22(18-21)27-26(29)14-10-19-9-12-24-25(17-19)34-16-15-33-24/h4-9,11-13,17-18H,3,10,14-16H2,1-2H3,(H,27,29).